The molecule has 1 heterocycles. The Morgan fingerprint density at radius 1 is 1.27 bits per heavy atom. The topological polar surface area (TPSA) is 77.9 Å². The van der Waals surface area contributed by atoms with Gasteiger partial charge in [0.05, 0.1) is 18.3 Å². The third kappa shape index (κ3) is 4.06. The van der Waals surface area contributed by atoms with Crippen LogP contribution in [-0.4, -0.2) is 67.7 Å². The molecule has 6 nitrogen and oxygen atoms in total. The molecule has 22 heavy (non-hydrogen) atoms. The molecule has 0 bridgehead atoms. The van der Waals surface area contributed by atoms with E-state index < -0.39 is 22.0 Å². The molecule has 122 valence electrons. The van der Waals surface area contributed by atoms with Crippen LogP contribution >= 0.6 is 0 Å². The second-order valence-corrected chi connectivity index (χ2v) is 8.08. The SMILES string of the molecule is CN(C)S(=O)(=O)C[C@@H]1CN(C(=O)Cc2ccccc2)C[C@H]1O. The fraction of sp³-hybridized carbons (Fsp3) is 0.533. The molecule has 1 aromatic carbocycles. The van der Waals surface area contributed by atoms with Crippen LogP contribution in [0.1, 0.15) is 5.56 Å². The van der Waals surface area contributed by atoms with Gasteiger partial charge in [-0.1, -0.05) is 30.3 Å². The monoisotopic (exact) mass is 326 g/mol. The highest BCUT2D eigenvalue weighted by atomic mass is 32.2. The number of carbonyl (C=O) groups excluding carboxylic acids is 1. The van der Waals surface area contributed by atoms with E-state index in [4.69, 9.17) is 0 Å². The Balaban J connectivity index is 1.97. The van der Waals surface area contributed by atoms with Gasteiger partial charge in [-0.25, -0.2) is 12.7 Å². The van der Waals surface area contributed by atoms with E-state index in [-0.39, 0.29) is 31.2 Å². The highest BCUT2D eigenvalue weighted by Gasteiger charge is 2.37. The van der Waals surface area contributed by atoms with Gasteiger partial charge in [0.1, 0.15) is 0 Å². The Morgan fingerprint density at radius 3 is 2.50 bits per heavy atom. The van der Waals surface area contributed by atoms with Gasteiger partial charge < -0.3 is 10.0 Å². The van der Waals surface area contributed by atoms with Crippen LogP contribution in [-0.2, 0) is 21.2 Å². The molecule has 0 saturated carbocycles. The molecule has 1 aliphatic heterocycles. The van der Waals surface area contributed by atoms with Crippen LogP contribution in [0.3, 0.4) is 0 Å². The van der Waals surface area contributed by atoms with Gasteiger partial charge in [0.25, 0.3) is 0 Å². The van der Waals surface area contributed by atoms with Crippen molar-refractivity contribution in [2.75, 3.05) is 32.9 Å². The van der Waals surface area contributed by atoms with E-state index in [9.17, 15) is 18.3 Å². The zero-order valence-electron chi connectivity index (χ0n) is 12.8. The maximum absolute atomic E-state index is 12.3. The summed E-state index contributed by atoms with van der Waals surface area (Å²) < 4.78 is 25.0. The van der Waals surface area contributed by atoms with Gasteiger partial charge >= 0.3 is 0 Å². The van der Waals surface area contributed by atoms with E-state index in [1.54, 1.807) is 4.90 Å². The maximum Gasteiger partial charge on any atom is 0.227 e. The summed E-state index contributed by atoms with van der Waals surface area (Å²) in [5.41, 5.74) is 0.909. The van der Waals surface area contributed by atoms with Crippen LogP contribution in [0.5, 0.6) is 0 Å². The number of aliphatic hydroxyl groups is 1. The molecule has 2 rings (SSSR count). The van der Waals surface area contributed by atoms with Crippen molar-refractivity contribution in [1.82, 2.24) is 9.21 Å². The number of benzene rings is 1. The van der Waals surface area contributed by atoms with Gasteiger partial charge in [-0.3, -0.25) is 4.79 Å². The highest BCUT2D eigenvalue weighted by molar-refractivity contribution is 7.89. The van der Waals surface area contributed by atoms with E-state index >= 15 is 0 Å². The zero-order valence-corrected chi connectivity index (χ0v) is 13.7. The number of hydrogen-bond donors (Lipinski definition) is 1. The Kier molecular flexibility index (Phi) is 5.20. The van der Waals surface area contributed by atoms with Gasteiger partial charge in [0.2, 0.25) is 15.9 Å². The molecule has 0 unspecified atom stereocenters. The molecular weight excluding hydrogens is 304 g/mol. The van der Waals surface area contributed by atoms with E-state index in [1.807, 2.05) is 30.3 Å². The van der Waals surface area contributed by atoms with Crippen molar-refractivity contribution in [3.63, 3.8) is 0 Å². The van der Waals surface area contributed by atoms with Crippen molar-refractivity contribution >= 4 is 15.9 Å². The molecular formula is C15H22N2O4S. The molecule has 1 aromatic rings. The number of aliphatic hydroxyl groups excluding tert-OH is 1. The molecule has 1 fully saturated rings. The first-order valence-corrected chi connectivity index (χ1v) is 8.80. The maximum atomic E-state index is 12.3. The lowest BCUT2D eigenvalue weighted by Crippen LogP contribution is -2.34. The first-order chi connectivity index (χ1) is 10.3. The molecule has 0 radical (unpaired) electrons. The Hall–Kier alpha value is -1.44. The third-order valence-corrected chi connectivity index (χ3v) is 5.90. The van der Waals surface area contributed by atoms with Crippen LogP contribution in [0.15, 0.2) is 30.3 Å². The molecule has 7 heteroatoms. The van der Waals surface area contributed by atoms with Crippen molar-refractivity contribution < 1.29 is 18.3 Å². The van der Waals surface area contributed by atoms with E-state index in [0.29, 0.717) is 0 Å². The van der Waals surface area contributed by atoms with Crippen LogP contribution in [0.4, 0.5) is 0 Å². The quantitative estimate of drug-likeness (QED) is 0.822. The summed E-state index contributed by atoms with van der Waals surface area (Å²) in [5.74, 6) is -0.668. The van der Waals surface area contributed by atoms with Gasteiger partial charge in [-0.2, -0.15) is 0 Å². The molecule has 1 saturated heterocycles. The standard InChI is InChI=1S/C15H22N2O4S/c1-16(2)22(20,21)11-13-9-17(10-14(13)18)15(19)8-12-6-4-3-5-7-12/h3-7,13-14,18H,8-11H2,1-2H3/t13-,14+/m0/s1. The fourth-order valence-corrected chi connectivity index (χ4v) is 3.69. The third-order valence-electron chi connectivity index (χ3n) is 3.94. The molecule has 2 atom stereocenters. The average Bonchev–Trinajstić information content (AvgIpc) is 2.80. The number of likely N-dealkylation sites (tertiary alicyclic amines) is 1. The lowest BCUT2D eigenvalue weighted by molar-refractivity contribution is -0.129. The number of β-amino-alcohol motifs (C(OH)–C–C–N with tert-alkyl or cyclic N) is 1. The Morgan fingerprint density at radius 2 is 1.91 bits per heavy atom. The normalized spacial score (nSPS) is 22.3. The van der Waals surface area contributed by atoms with Gasteiger partial charge in [0, 0.05) is 33.1 Å². The minimum atomic E-state index is -3.39. The highest BCUT2D eigenvalue weighted by Crippen LogP contribution is 2.20. The van der Waals surface area contributed by atoms with E-state index in [2.05, 4.69) is 0 Å². The second-order valence-electron chi connectivity index (χ2n) is 5.85. The van der Waals surface area contributed by atoms with E-state index in [0.717, 1.165) is 9.87 Å². The van der Waals surface area contributed by atoms with Crippen molar-refractivity contribution in [3.8, 4) is 0 Å². The fourth-order valence-electron chi connectivity index (χ4n) is 2.52. The molecule has 0 aromatic heterocycles. The van der Waals surface area contributed by atoms with E-state index in [1.165, 1.54) is 14.1 Å². The number of rotatable bonds is 5. The number of sulfonamides is 1. The molecule has 1 N–H and O–H groups in total. The van der Waals surface area contributed by atoms with Crippen molar-refractivity contribution in [2.24, 2.45) is 5.92 Å². The summed E-state index contributed by atoms with van der Waals surface area (Å²) in [6.45, 7) is 0.471. The summed E-state index contributed by atoms with van der Waals surface area (Å²) in [6, 6.07) is 9.37. The number of carbonyl (C=O) groups is 1. The van der Waals surface area contributed by atoms with Crippen LogP contribution < -0.4 is 0 Å². The van der Waals surface area contributed by atoms with Crippen molar-refractivity contribution in [2.45, 2.75) is 12.5 Å². The lowest BCUT2D eigenvalue weighted by atomic mass is 10.1. The lowest BCUT2D eigenvalue weighted by Gasteiger charge is -2.18. The molecule has 1 aliphatic rings. The van der Waals surface area contributed by atoms with Crippen LogP contribution in [0.2, 0.25) is 0 Å². The molecule has 1 amide bonds. The van der Waals surface area contributed by atoms with Crippen molar-refractivity contribution in [3.05, 3.63) is 35.9 Å². The second kappa shape index (κ2) is 6.76. The minimum absolute atomic E-state index is 0.0880. The van der Waals surface area contributed by atoms with Crippen LogP contribution in [0.25, 0.3) is 0 Å². The zero-order chi connectivity index (χ0) is 16.3. The summed E-state index contributed by atoms with van der Waals surface area (Å²) in [5, 5.41) is 10.0. The summed E-state index contributed by atoms with van der Waals surface area (Å²) in [4.78, 5) is 13.8. The Bertz CT molecular complexity index is 616. The predicted octanol–water partition coefficient (Wildman–Crippen LogP) is -0.0602. The minimum Gasteiger partial charge on any atom is -0.391 e. The summed E-state index contributed by atoms with van der Waals surface area (Å²) in [7, 11) is -0.453. The van der Waals surface area contributed by atoms with Crippen molar-refractivity contribution in [1.29, 1.82) is 0 Å². The summed E-state index contributed by atoms with van der Waals surface area (Å²) >= 11 is 0. The van der Waals surface area contributed by atoms with Gasteiger partial charge in [-0.05, 0) is 5.56 Å². The van der Waals surface area contributed by atoms with Gasteiger partial charge in [-0.15, -0.1) is 0 Å². The average molecular weight is 326 g/mol. The smallest absolute Gasteiger partial charge is 0.227 e. The van der Waals surface area contributed by atoms with Crippen LogP contribution in [0, 0.1) is 5.92 Å². The molecule has 0 spiro atoms. The molecule has 0 aliphatic carbocycles. The first-order valence-electron chi connectivity index (χ1n) is 7.19. The number of hydrogen-bond acceptors (Lipinski definition) is 4. The predicted molar refractivity (Wildman–Crippen MR) is 83.7 cm³/mol. The number of nitrogens with zero attached hydrogens (tertiary/aromatic N) is 2. The van der Waals surface area contributed by atoms with Gasteiger partial charge in [0.15, 0.2) is 0 Å². The summed E-state index contributed by atoms with van der Waals surface area (Å²) in [6.07, 6.45) is -0.532. The number of amides is 1. The largest absolute Gasteiger partial charge is 0.391 e. The Labute approximate surface area is 131 Å². The first kappa shape index (κ1) is 16.9.